The van der Waals surface area contributed by atoms with Gasteiger partial charge in [-0.15, -0.1) is 0 Å². The maximum atomic E-state index is 13.2. The Morgan fingerprint density at radius 1 is 1.50 bits per heavy atom. The van der Waals surface area contributed by atoms with Crippen molar-refractivity contribution in [3.8, 4) is 5.75 Å². The fourth-order valence-electron chi connectivity index (χ4n) is 1.34. The number of hydrogen-bond acceptors (Lipinski definition) is 1. The molecule has 1 nitrogen and oxygen atoms in total. The smallest absolute Gasteiger partial charge is 0.143 e. The second-order valence-electron chi connectivity index (χ2n) is 2.76. The van der Waals surface area contributed by atoms with E-state index in [2.05, 4.69) is 0 Å². The third-order valence-electron chi connectivity index (χ3n) is 1.95. The fourth-order valence-corrected chi connectivity index (χ4v) is 1.58. The summed E-state index contributed by atoms with van der Waals surface area (Å²) in [4.78, 5) is 0. The molecule has 0 saturated carbocycles. The van der Waals surface area contributed by atoms with Gasteiger partial charge in [-0.2, -0.15) is 0 Å². The van der Waals surface area contributed by atoms with Gasteiger partial charge in [-0.25, -0.2) is 4.39 Å². The zero-order valence-corrected chi connectivity index (χ0v) is 7.14. The molecule has 0 aliphatic carbocycles. The monoisotopic (exact) mass is 186 g/mol. The van der Waals surface area contributed by atoms with Crippen molar-refractivity contribution in [1.29, 1.82) is 0 Å². The summed E-state index contributed by atoms with van der Waals surface area (Å²) < 4.78 is 18.5. The fraction of sp³-hybridized carbons (Fsp3) is 0.333. The van der Waals surface area contributed by atoms with Crippen molar-refractivity contribution >= 4 is 11.6 Å². The number of halogens is 2. The summed E-state index contributed by atoms with van der Waals surface area (Å²) in [6.45, 7) is 0.415. The molecule has 1 heterocycles. The van der Waals surface area contributed by atoms with Crippen molar-refractivity contribution < 1.29 is 9.13 Å². The molecule has 12 heavy (non-hydrogen) atoms. The average Bonchev–Trinajstić information content (AvgIpc) is 2.07. The lowest BCUT2D eigenvalue weighted by atomic mass is 10.1. The molecule has 0 fully saturated rings. The van der Waals surface area contributed by atoms with E-state index in [1.54, 1.807) is 18.2 Å². The summed E-state index contributed by atoms with van der Waals surface area (Å²) in [7, 11) is 0. The Balaban J connectivity index is 2.52. The summed E-state index contributed by atoms with van der Waals surface area (Å²) in [6.07, 6.45) is -0.500. The summed E-state index contributed by atoms with van der Waals surface area (Å²) in [6, 6.07) is 5.16. The maximum Gasteiger partial charge on any atom is 0.143 e. The van der Waals surface area contributed by atoms with Crippen LogP contribution in [0.4, 0.5) is 4.39 Å². The molecular formula is C9H8ClFO. The first-order valence-electron chi connectivity index (χ1n) is 3.84. The Morgan fingerprint density at radius 2 is 2.33 bits per heavy atom. The zero-order chi connectivity index (χ0) is 8.55. The molecule has 1 unspecified atom stereocenters. The van der Waals surface area contributed by atoms with E-state index in [1.165, 1.54) is 0 Å². The molecule has 0 aromatic heterocycles. The number of fused-ring (bicyclic) bond motifs is 1. The molecule has 64 valence electrons. The number of benzene rings is 1. The molecule has 2 rings (SSSR count). The highest BCUT2D eigenvalue weighted by Crippen LogP contribution is 2.38. The molecule has 1 aliphatic rings. The molecule has 0 spiro atoms. The first kappa shape index (κ1) is 7.87. The SMILES string of the molecule is FC1CCOc2c(Cl)cccc21. The summed E-state index contributed by atoms with van der Waals surface area (Å²) >= 11 is 5.82. The first-order chi connectivity index (χ1) is 5.79. The molecule has 0 N–H and O–H groups in total. The highest BCUT2D eigenvalue weighted by molar-refractivity contribution is 6.32. The Kier molecular flexibility index (Phi) is 1.93. The Hall–Kier alpha value is -0.760. The number of hydrogen-bond donors (Lipinski definition) is 0. The quantitative estimate of drug-likeness (QED) is 0.605. The normalized spacial score (nSPS) is 21.3. The van der Waals surface area contributed by atoms with E-state index in [1.807, 2.05) is 0 Å². The number of para-hydroxylation sites is 1. The predicted molar refractivity (Wildman–Crippen MR) is 45.4 cm³/mol. The largest absolute Gasteiger partial charge is 0.492 e. The lowest BCUT2D eigenvalue weighted by Gasteiger charge is -2.20. The lowest BCUT2D eigenvalue weighted by molar-refractivity contribution is 0.200. The molecular weight excluding hydrogens is 179 g/mol. The van der Waals surface area contributed by atoms with E-state index >= 15 is 0 Å². The van der Waals surface area contributed by atoms with Gasteiger partial charge in [0.25, 0.3) is 0 Å². The summed E-state index contributed by atoms with van der Waals surface area (Å²) in [5.41, 5.74) is 0.578. The minimum Gasteiger partial charge on any atom is -0.492 e. The number of rotatable bonds is 0. The van der Waals surface area contributed by atoms with Gasteiger partial charge in [-0.1, -0.05) is 23.7 Å². The zero-order valence-electron chi connectivity index (χ0n) is 6.39. The van der Waals surface area contributed by atoms with E-state index in [0.29, 0.717) is 29.4 Å². The Morgan fingerprint density at radius 3 is 3.08 bits per heavy atom. The van der Waals surface area contributed by atoms with Crippen LogP contribution in [0.3, 0.4) is 0 Å². The van der Waals surface area contributed by atoms with Gasteiger partial charge in [-0.3, -0.25) is 0 Å². The Bertz CT molecular complexity index is 301. The van der Waals surface area contributed by atoms with E-state index < -0.39 is 6.17 Å². The molecule has 0 radical (unpaired) electrons. The van der Waals surface area contributed by atoms with Gasteiger partial charge in [0.1, 0.15) is 11.9 Å². The van der Waals surface area contributed by atoms with Crippen LogP contribution in [0.5, 0.6) is 5.75 Å². The van der Waals surface area contributed by atoms with Gasteiger partial charge in [0.05, 0.1) is 11.6 Å². The molecule has 1 aromatic carbocycles. The van der Waals surface area contributed by atoms with Crippen LogP contribution < -0.4 is 4.74 Å². The molecule has 0 bridgehead atoms. The second-order valence-corrected chi connectivity index (χ2v) is 3.17. The Labute approximate surface area is 75.1 Å². The average molecular weight is 187 g/mol. The molecule has 3 heteroatoms. The number of ether oxygens (including phenoxy) is 1. The van der Waals surface area contributed by atoms with Crippen LogP contribution in [0.2, 0.25) is 5.02 Å². The van der Waals surface area contributed by atoms with E-state index in [0.717, 1.165) is 0 Å². The van der Waals surface area contributed by atoms with Crippen LogP contribution in [-0.4, -0.2) is 6.61 Å². The number of alkyl halides is 1. The van der Waals surface area contributed by atoms with Crippen LogP contribution in [0.1, 0.15) is 18.2 Å². The van der Waals surface area contributed by atoms with Crippen molar-refractivity contribution in [3.05, 3.63) is 28.8 Å². The van der Waals surface area contributed by atoms with E-state index in [4.69, 9.17) is 16.3 Å². The minimum atomic E-state index is -0.924. The molecule has 1 aliphatic heterocycles. The summed E-state index contributed by atoms with van der Waals surface area (Å²) in [5, 5.41) is 0.495. The van der Waals surface area contributed by atoms with Crippen molar-refractivity contribution in [3.63, 3.8) is 0 Å². The molecule has 1 aromatic rings. The van der Waals surface area contributed by atoms with Gasteiger partial charge in [0.15, 0.2) is 0 Å². The second kappa shape index (κ2) is 2.94. The van der Waals surface area contributed by atoms with Crippen molar-refractivity contribution in [2.75, 3.05) is 6.61 Å². The molecule has 1 atom stereocenters. The van der Waals surface area contributed by atoms with Gasteiger partial charge >= 0.3 is 0 Å². The third-order valence-corrected chi connectivity index (χ3v) is 2.25. The molecule has 0 amide bonds. The van der Waals surface area contributed by atoms with Crippen LogP contribution in [0.25, 0.3) is 0 Å². The van der Waals surface area contributed by atoms with Crippen molar-refractivity contribution in [1.82, 2.24) is 0 Å². The van der Waals surface area contributed by atoms with Crippen molar-refractivity contribution in [2.24, 2.45) is 0 Å². The topological polar surface area (TPSA) is 9.23 Å². The van der Waals surface area contributed by atoms with Crippen LogP contribution in [0, 0.1) is 0 Å². The van der Waals surface area contributed by atoms with Crippen molar-refractivity contribution in [2.45, 2.75) is 12.6 Å². The lowest BCUT2D eigenvalue weighted by Crippen LogP contribution is -2.11. The maximum absolute atomic E-state index is 13.2. The minimum absolute atomic E-state index is 0.415. The van der Waals surface area contributed by atoms with E-state index in [9.17, 15) is 4.39 Å². The van der Waals surface area contributed by atoms with E-state index in [-0.39, 0.29) is 0 Å². The van der Waals surface area contributed by atoms with Gasteiger partial charge in [-0.05, 0) is 6.07 Å². The molecule has 0 saturated heterocycles. The summed E-state index contributed by atoms with van der Waals surface area (Å²) in [5.74, 6) is 0.512. The van der Waals surface area contributed by atoms with Crippen LogP contribution in [0.15, 0.2) is 18.2 Å². The van der Waals surface area contributed by atoms with Crippen LogP contribution >= 0.6 is 11.6 Å². The highest BCUT2D eigenvalue weighted by atomic mass is 35.5. The van der Waals surface area contributed by atoms with Gasteiger partial charge in [0, 0.05) is 12.0 Å². The van der Waals surface area contributed by atoms with Gasteiger partial charge in [0.2, 0.25) is 0 Å². The third kappa shape index (κ3) is 1.16. The standard InChI is InChI=1S/C9H8ClFO/c10-7-3-1-2-6-8(11)4-5-12-9(6)7/h1-3,8H,4-5H2. The highest BCUT2D eigenvalue weighted by Gasteiger charge is 2.22. The van der Waals surface area contributed by atoms with Gasteiger partial charge < -0.3 is 4.74 Å². The first-order valence-corrected chi connectivity index (χ1v) is 4.22. The van der Waals surface area contributed by atoms with Crippen LogP contribution in [-0.2, 0) is 0 Å². The predicted octanol–water partition coefficient (Wildman–Crippen LogP) is 3.13.